The van der Waals surface area contributed by atoms with Crippen LogP contribution in [-0.2, 0) is 16.0 Å². The molecule has 0 aliphatic carbocycles. The molecule has 1 amide bonds. The van der Waals surface area contributed by atoms with E-state index in [2.05, 4.69) is 66.0 Å². The van der Waals surface area contributed by atoms with Gasteiger partial charge in [-0.15, -0.1) is 24.0 Å². The van der Waals surface area contributed by atoms with Crippen LogP contribution in [0.25, 0.3) is 0 Å². The number of rotatable bonds is 9. The molecular formula is C19H33IN4O2. The molecule has 0 fully saturated rings. The maximum absolute atomic E-state index is 11.7. The molecule has 1 rings (SSSR count). The monoisotopic (exact) mass is 476 g/mol. The number of halogens is 1. The third-order valence-electron chi connectivity index (χ3n) is 3.75. The predicted octanol–water partition coefficient (Wildman–Crippen LogP) is 2.49. The molecule has 0 aromatic heterocycles. The fraction of sp³-hybridized carbons (Fsp3) is 0.579. The minimum atomic E-state index is -0.0920. The molecule has 3 N–H and O–H groups in total. The average Bonchev–Trinajstić information content (AvgIpc) is 2.58. The van der Waals surface area contributed by atoms with E-state index >= 15 is 0 Å². The number of amides is 1. The van der Waals surface area contributed by atoms with Crippen molar-refractivity contribution in [3.63, 3.8) is 0 Å². The second-order valence-corrected chi connectivity index (χ2v) is 6.47. The molecule has 0 saturated carbocycles. The van der Waals surface area contributed by atoms with Gasteiger partial charge in [0.1, 0.15) is 0 Å². The molecule has 0 aliphatic rings. The maximum atomic E-state index is 11.7. The zero-order valence-corrected chi connectivity index (χ0v) is 18.8. The Hall–Kier alpha value is -1.35. The molecule has 26 heavy (non-hydrogen) atoms. The molecule has 7 heteroatoms. The van der Waals surface area contributed by atoms with Crippen molar-refractivity contribution in [2.45, 2.75) is 33.2 Å². The van der Waals surface area contributed by atoms with Crippen LogP contribution in [0.4, 0.5) is 0 Å². The molecule has 1 atom stereocenters. The number of guanidine groups is 1. The van der Waals surface area contributed by atoms with Gasteiger partial charge < -0.3 is 20.7 Å². The van der Waals surface area contributed by atoms with E-state index in [1.807, 2.05) is 0 Å². The minimum Gasteiger partial charge on any atom is -0.383 e. The summed E-state index contributed by atoms with van der Waals surface area (Å²) in [6, 6.07) is 8.72. The van der Waals surface area contributed by atoms with Crippen LogP contribution in [0.3, 0.4) is 0 Å². The van der Waals surface area contributed by atoms with E-state index in [4.69, 9.17) is 4.74 Å². The Labute approximate surface area is 174 Å². The summed E-state index contributed by atoms with van der Waals surface area (Å²) in [6.45, 7) is 7.69. The van der Waals surface area contributed by atoms with Gasteiger partial charge in [0.15, 0.2) is 5.96 Å². The van der Waals surface area contributed by atoms with E-state index in [-0.39, 0.29) is 42.5 Å². The molecular weight excluding hydrogens is 443 g/mol. The molecule has 0 radical (unpaired) electrons. The molecule has 0 spiro atoms. The van der Waals surface area contributed by atoms with Crippen molar-refractivity contribution in [2.75, 3.05) is 33.9 Å². The average molecular weight is 476 g/mol. The first-order chi connectivity index (χ1) is 12.0. The number of hydrogen-bond acceptors (Lipinski definition) is 3. The summed E-state index contributed by atoms with van der Waals surface area (Å²) in [7, 11) is 3.30. The van der Waals surface area contributed by atoms with Crippen LogP contribution in [0.5, 0.6) is 0 Å². The van der Waals surface area contributed by atoms with Gasteiger partial charge >= 0.3 is 0 Å². The van der Waals surface area contributed by atoms with Crippen molar-refractivity contribution in [1.82, 2.24) is 16.0 Å². The summed E-state index contributed by atoms with van der Waals surface area (Å²) >= 11 is 0. The van der Waals surface area contributed by atoms with Crippen LogP contribution in [0.1, 0.15) is 37.9 Å². The highest BCUT2D eigenvalue weighted by molar-refractivity contribution is 14.0. The largest absolute Gasteiger partial charge is 0.383 e. The summed E-state index contributed by atoms with van der Waals surface area (Å²) in [5.74, 6) is 1.16. The predicted molar refractivity (Wildman–Crippen MR) is 118 cm³/mol. The number of nitrogens with one attached hydrogen (secondary N) is 3. The molecule has 6 nitrogen and oxygen atoms in total. The SMILES string of the molecule is CN=C(NCC(=O)NCCOC)NC(C)c1ccc(CC(C)C)cc1.I. The van der Waals surface area contributed by atoms with Gasteiger partial charge in [-0.3, -0.25) is 9.79 Å². The first-order valence-corrected chi connectivity index (χ1v) is 8.78. The Bertz CT molecular complexity index is 547. The van der Waals surface area contributed by atoms with Crippen molar-refractivity contribution >= 4 is 35.8 Å². The van der Waals surface area contributed by atoms with E-state index in [0.29, 0.717) is 25.0 Å². The van der Waals surface area contributed by atoms with Gasteiger partial charge in [-0.25, -0.2) is 0 Å². The van der Waals surface area contributed by atoms with Crippen LogP contribution >= 0.6 is 24.0 Å². The topological polar surface area (TPSA) is 74.8 Å². The zero-order valence-electron chi connectivity index (χ0n) is 16.5. The molecule has 0 aliphatic heterocycles. The lowest BCUT2D eigenvalue weighted by molar-refractivity contribution is -0.120. The van der Waals surface area contributed by atoms with Gasteiger partial charge in [-0.2, -0.15) is 0 Å². The number of methoxy groups -OCH3 is 1. The number of nitrogens with zero attached hydrogens (tertiary/aromatic N) is 1. The minimum absolute atomic E-state index is 0. The van der Waals surface area contributed by atoms with Crippen molar-refractivity contribution in [3.8, 4) is 0 Å². The second kappa shape index (κ2) is 13.8. The first kappa shape index (κ1) is 24.7. The summed E-state index contributed by atoms with van der Waals surface area (Å²) in [6.07, 6.45) is 1.09. The van der Waals surface area contributed by atoms with Gasteiger partial charge in [-0.05, 0) is 30.4 Å². The Morgan fingerprint density at radius 3 is 2.35 bits per heavy atom. The summed E-state index contributed by atoms with van der Waals surface area (Å²) in [4.78, 5) is 15.9. The third kappa shape index (κ3) is 9.96. The lowest BCUT2D eigenvalue weighted by Gasteiger charge is -2.18. The Morgan fingerprint density at radius 1 is 1.15 bits per heavy atom. The Kier molecular flexibility index (Phi) is 13.1. The van der Waals surface area contributed by atoms with Crippen LogP contribution in [0.15, 0.2) is 29.3 Å². The van der Waals surface area contributed by atoms with E-state index in [9.17, 15) is 4.79 Å². The fourth-order valence-electron chi connectivity index (χ4n) is 2.42. The number of carbonyl (C=O) groups excluding carboxylic acids is 1. The highest BCUT2D eigenvalue weighted by Crippen LogP contribution is 2.15. The number of hydrogen-bond donors (Lipinski definition) is 3. The highest BCUT2D eigenvalue weighted by atomic mass is 127. The summed E-state index contributed by atoms with van der Waals surface area (Å²) in [5.41, 5.74) is 2.53. The molecule has 0 saturated heterocycles. The first-order valence-electron chi connectivity index (χ1n) is 8.78. The van der Waals surface area contributed by atoms with Gasteiger partial charge in [0.2, 0.25) is 5.91 Å². The number of benzene rings is 1. The van der Waals surface area contributed by atoms with Crippen LogP contribution < -0.4 is 16.0 Å². The fourth-order valence-corrected chi connectivity index (χ4v) is 2.42. The van der Waals surface area contributed by atoms with Crippen molar-refractivity contribution < 1.29 is 9.53 Å². The van der Waals surface area contributed by atoms with Crippen LogP contribution in [0.2, 0.25) is 0 Å². The molecule has 1 unspecified atom stereocenters. The number of carbonyl (C=O) groups is 1. The van der Waals surface area contributed by atoms with Crippen LogP contribution in [0, 0.1) is 5.92 Å². The van der Waals surface area contributed by atoms with E-state index < -0.39 is 0 Å². The normalized spacial score (nSPS) is 12.3. The summed E-state index contributed by atoms with van der Waals surface area (Å²) < 4.78 is 4.90. The molecule has 0 heterocycles. The van der Waals surface area contributed by atoms with Gasteiger partial charge in [0.25, 0.3) is 0 Å². The maximum Gasteiger partial charge on any atom is 0.239 e. The van der Waals surface area contributed by atoms with Crippen molar-refractivity contribution in [2.24, 2.45) is 10.9 Å². The molecule has 0 bridgehead atoms. The second-order valence-electron chi connectivity index (χ2n) is 6.47. The van der Waals surface area contributed by atoms with E-state index in [0.717, 1.165) is 6.42 Å². The molecule has 1 aromatic rings. The summed E-state index contributed by atoms with van der Waals surface area (Å²) in [5, 5.41) is 9.08. The number of aliphatic imine (C=N–C) groups is 1. The van der Waals surface area contributed by atoms with Crippen molar-refractivity contribution in [1.29, 1.82) is 0 Å². The van der Waals surface area contributed by atoms with Gasteiger partial charge in [0.05, 0.1) is 19.2 Å². The quantitative estimate of drug-likeness (QED) is 0.222. The Balaban J connectivity index is 0.00000625. The van der Waals surface area contributed by atoms with Gasteiger partial charge in [0, 0.05) is 20.7 Å². The van der Waals surface area contributed by atoms with E-state index in [1.54, 1.807) is 14.2 Å². The van der Waals surface area contributed by atoms with E-state index in [1.165, 1.54) is 11.1 Å². The smallest absolute Gasteiger partial charge is 0.239 e. The zero-order chi connectivity index (χ0) is 18.7. The number of ether oxygens (including phenoxy) is 1. The van der Waals surface area contributed by atoms with Gasteiger partial charge in [-0.1, -0.05) is 38.1 Å². The van der Waals surface area contributed by atoms with Crippen LogP contribution in [-0.4, -0.2) is 45.7 Å². The lowest BCUT2D eigenvalue weighted by atomic mass is 10.00. The molecule has 148 valence electrons. The highest BCUT2D eigenvalue weighted by Gasteiger charge is 2.09. The standard InChI is InChI=1S/C19H32N4O2.HI/c1-14(2)12-16-6-8-17(9-7-16)15(3)23-19(20-4)22-13-18(24)21-10-11-25-5;/h6-9,14-15H,10-13H2,1-5H3,(H,21,24)(H2,20,22,23);1H. The lowest BCUT2D eigenvalue weighted by Crippen LogP contribution is -2.44. The Morgan fingerprint density at radius 2 is 1.81 bits per heavy atom. The third-order valence-corrected chi connectivity index (χ3v) is 3.75. The molecule has 1 aromatic carbocycles. The van der Waals surface area contributed by atoms with Crippen molar-refractivity contribution in [3.05, 3.63) is 35.4 Å².